The van der Waals surface area contributed by atoms with Gasteiger partial charge >= 0.3 is 0 Å². The zero-order valence-corrected chi connectivity index (χ0v) is 10.8. The Morgan fingerprint density at radius 3 is 2.65 bits per heavy atom. The molecule has 0 amide bonds. The van der Waals surface area contributed by atoms with Gasteiger partial charge in [-0.15, -0.1) is 0 Å². The molecule has 3 rings (SSSR count). The Kier molecular flexibility index (Phi) is 3.37. The summed E-state index contributed by atoms with van der Waals surface area (Å²) in [5.41, 5.74) is 3.29. The van der Waals surface area contributed by atoms with Crippen LogP contribution in [0.5, 0.6) is 0 Å². The van der Waals surface area contributed by atoms with Gasteiger partial charge in [0.15, 0.2) is 6.29 Å². The molecule has 0 spiro atoms. The van der Waals surface area contributed by atoms with Gasteiger partial charge < -0.3 is 0 Å². The Balaban J connectivity index is 1.95. The maximum absolute atomic E-state index is 11.2. The van der Waals surface area contributed by atoms with E-state index in [9.17, 15) is 4.79 Å². The molecule has 0 saturated carbocycles. The molecule has 4 nitrogen and oxygen atoms in total. The van der Waals surface area contributed by atoms with Gasteiger partial charge in [-0.3, -0.25) is 14.5 Å². The van der Waals surface area contributed by atoms with E-state index in [0.717, 1.165) is 23.0 Å². The SMILES string of the molecule is O=Cc1nn(Cc2ccccc2)cc1-c1cccnc1. The Morgan fingerprint density at radius 2 is 1.95 bits per heavy atom. The fraction of sp³-hybridized carbons (Fsp3) is 0.0625. The van der Waals surface area contributed by atoms with E-state index in [0.29, 0.717) is 12.2 Å². The highest BCUT2D eigenvalue weighted by Crippen LogP contribution is 2.21. The molecule has 20 heavy (non-hydrogen) atoms. The largest absolute Gasteiger partial charge is 0.296 e. The van der Waals surface area contributed by atoms with Gasteiger partial charge in [0.05, 0.1) is 6.54 Å². The first-order valence-corrected chi connectivity index (χ1v) is 6.34. The van der Waals surface area contributed by atoms with Crippen molar-refractivity contribution >= 4 is 6.29 Å². The second-order valence-corrected chi connectivity index (χ2v) is 4.47. The Hall–Kier alpha value is -2.75. The van der Waals surface area contributed by atoms with Gasteiger partial charge in [0.25, 0.3) is 0 Å². The van der Waals surface area contributed by atoms with Gasteiger partial charge in [0.2, 0.25) is 0 Å². The Morgan fingerprint density at radius 1 is 1.10 bits per heavy atom. The predicted octanol–water partition coefficient (Wildman–Crippen LogP) is 2.81. The molecule has 3 aromatic rings. The number of nitrogens with zero attached hydrogens (tertiary/aromatic N) is 3. The summed E-state index contributed by atoms with van der Waals surface area (Å²) in [6, 6.07) is 13.8. The summed E-state index contributed by atoms with van der Waals surface area (Å²) in [6.07, 6.45) is 6.10. The minimum atomic E-state index is 0.439. The van der Waals surface area contributed by atoms with Gasteiger partial charge in [0.1, 0.15) is 5.69 Å². The molecular formula is C16H13N3O. The Bertz CT molecular complexity index is 705. The zero-order valence-electron chi connectivity index (χ0n) is 10.8. The van der Waals surface area contributed by atoms with Crippen molar-refractivity contribution in [3.63, 3.8) is 0 Å². The van der Waals surface area contributed by atoms with Crippen LogP contribution < -0.4 is 0 Å². The number of rotatable bonds is 4. The second kappa shape index (κ2) is 5.48. The summed E-state index contributed by atoms with van der Waals surface area (Å²) in [7, 11) is 0. The van der Waals surface area contributed by atoms with Crippen LogP contribution in [0.1, 0.15) is 16.1 Å². The smallest absolute Gasteiger partial charge is 0.170 e. The molecule has 98 valence electrons. The molecule has 0 N–H and O–H groups in total. The third kappa shape index (κ3) is 2.49. The van der Waals surface area contributed by atoms with Gasteiger partial charge in [-0.05, 0) is 11.6 Å². The van der Waals surface area contributed by atoms with E-state index < -0.39 is 0 Å². The lowest BCUT2D eigenvalue weighted by molar-refractivity contribution is 0.111. The van der Waals surface area contributed by atoms with Crippen LogP contribution in [0.15, 0.2) is 61.1 Å². The first-order chi connectivity index (χ1) is 9.86. The first kappa shape index (κ1) is 12.3. The molecule has 0 saturated heterocycles. The molecule has 2 aromatic heterocycles. The van der Waals surface area contributed by atoms with E-state index in [-0.39, 0.29) is 0 Å². The van der Waals surface area contributed by atoms with Gasteiger partial charge in [-0.1, -0.05) is 36.4 Å². The lowest BCUT2D eigenvalue weighted by Gasteiger charge is -2.00. The number of aromatic nitrogens is 3. The van der Waals surface area contributed by atoms with Crippen molar-refractivity contribution in [2.24, 2.45) is 0 Å². The van der Waals surface area contributed by atoms with Gasteiger partial charge in [-0.25, -0.2) is 0 Å². The Labute approximate surface area is 116 Å². The predicted molar refractivity (Wildman–Crippen MR) is 76.4 cm³/mol. The molecule has 0 aliphatic heterocycles. The van der Waals surface area contributed by atoms with E-state index in [1.807, 2.05) is 48.7 Å². The van der Waals surface area contributed by atoms with E-state index in [1.165, 1.54) is 0 Å². The third-order valence-electron chi connectivity index (χ3n) is 3.06. The molecule has 0 radical (unpaired) electrons. The third-order valence-corrected chi connectivity index (χ3v) is 3.06. The number of hydrogen-bond donors (Lipinski definition) is 0. The minimum absolute atomic E-state index is 0.439. The van der Waals surface area contributed by atoms with Gasteiger partial charge in [0, 0.05) is 29.7 Å². The average molecular weight is 263 g/mol. The first-order valence-electron chi connectivity index (χ1n) is 6.34. The van der Waals surface area contributed by atoms with E-state index in [1.54, 1.807) is 17.1 Å². The van der Waals surface area contributed by atoms with Crippen LogP contribution in [0.2, 0.25) is 0 Å². The van der Waals surface area contributed by atoms with Crippen LogP contribution in [0.25, 0.3) is 11.1 Å². The molecule has 0 atom stereocenters. The van der Waals surface area contributed by atoms with Crippen molar-refractivity contribution in [2.75, 3.05) is 0 Å². The van der Waals surface area contributed by atoms with Crippen LogP contribution in [0.4, 0.5) is 0 Å². The highest BCUT2D eigenvalue weighted by atomic mass is 16.1. The maximum atomic E-state index is 11.2. The average Bonchev–Trinajstić information content (AvgIpc) is 2.92. The summed E-state index contributed by atoms with van der Waals surface area (Å²) >= 11 is 0. The van der Waals surface area contributed by atoms with Crippen LogP contribution in [-0.2, 0) is 6.54 Å². The van der Waals surface area contributed by atoms with Crippen molar-refractivity contribution in [1.29, 1.82) is 0 Å². The highest BCUT2D eigenvalue weighted by molar-refractivity contribution is 5.84. The quantitative estimate of drug-likeness (QED) is 0.680. The van der Waals surface area contributed by atoms with Crippen molar-refractivity contribution in [3.8, 4) is 11.1 Å². The number of pyridine rings is 1. The number of carbonyl (C=O) groups is 1. The minimum Gasteiger partial charge on any atom is -0.296 e. The lowest BCUT2D eigenvalue weighted by atomic mass is 10.1. The summed E-state index contributed by atoms with van der Waals surface area (Å²) in [5.74, 6) is 0. The van der Waals surface area contributed by atoms with Crippen LogP contribution in [0.3, 0.4) is 0 Å². The van der Waals surface area contributed by atoms with E-state index >= 15 is 0 Å². The normalized spacial score (nSPS) is 10.4. The monoisotopic (exact) mass is 263 g/mol. The molecule has 0 aliphatic carbocycles. The number of carbonyl (C=O) groups excluding carboxylic acids is 1. The topological polar surface area (TPSA) is 47.8 Å². The van der Waals surface area contributed by atoms with Crippen molar-refractivity contribution in [3.05, 3.63) is 72.3 Å². The standard InChI is InChI=1S/C16H13N3O/c20-12-16-15(14-7-4-8-17-9-14)11-19(18-16)10-13-5-2-1-3-6-13/h1-9,11-12H,10H2. The molecule has 0 fully saturated rings. The molecular weight excluding hydrogens is 250 g/mol. The molecule has 0 bridgehead atoms. The van der Waals surface area contributed by atoms with E-state index in [4.69, 9.17) is 0 Å². The molecule has 2 heterocycles. The molecule has 0 aliphatic rings. The van der Waals surface area contributed by atoms with Crippen LogP contribution in [0, 0.1) is 0 Å². The second-order valence-electron chi connectivity index (χ2n) is 4.47. The van der Waals surface area contributed by atoms with E-state index in [2.05, 4.69) is 10.1 Å². The molecule has 0 unspecified atom stereocenters. The van der Waals surface area contributed by atoms with Crippen molar-refractivity contribution in [2.45, 2.75) is 6.54 Å². The highest BCUT2D eigenvalue weighted by Gasteiger charge is 2.10. The van der Waals surface area contributed by atoms with Crippen LogP contribution in [-0.4, -0.2) is 21.1 Å². The molecule has 4 heteroatoms. The number of aldehydes is 1. The molecule has 1 aromatic carbocycles. The fourth-order valence-corrected chi connectivity index (χ4v) is 2.12. The summed E-state index contributed by atoms with van der Waals surface area (Å²) in [6.45, 7) is 0.641. The summed E-state index contributed by atoms with van der Waals surface area (Å²) in [5, 5.41) is 4.32. The van der Waals surface area contributed by atoms with Gasteiger partial charge in [-0.2, -0.15) is 5.10 Å². The fourth-order valence-electron chi connectivity index (χ4n) is 2.12. The maximum Gasteiger partial charge on any atom is 0.170 e. The van der Waals surface area contributed by atoms with Crippen molar-refractivity contribution in [1.82, 2.24) is 14.8 Å². The van der Waals surface area contributed by atoms with Crippen LogP contribution >= 0.6 is 0 Å². The summed E-state index contributed by atoms with van der Waals surface area (Å²) in [4.78, 5) is 15.2. The van der Waals surface area contributed by atoms with Crippen molar-refractivity contribution < 1.29 is 4.79 Å². The summed E-state index contributed by atoms with van der Waals surface area (Å²) < 4.78 is 1.78. The zero-order chi connectivity index (χ0) is 13.8. The number of hydrogen-bond acceptors (Lipinski definition) is 3. The lowest BCUT2D eigenvalue weighted by Crippen LogP contribution is -2.00. The number of benzene rings is 1.